The van der Waals surface area contributed by atoms with E-state index in [1.165, 1.54) is 0 Å². The first kappa shape index (κ1) is 12.6. The van der Waals surface area contributed by atoms with Crippen molar-refractivity contribution in [2.75, 3.05) is 0 Å². The van der Waals surface area contributed by atoms with E-state index in [9.17, 15) is 0 Å². The zero-order valence-corrected chi connectivity index (χ0v) is 10.3. The molecule has 3 heteroatoms. The molecule has 0 unspecified atom stereocenters. The Kier molecular flexibility index (Phi) is 4.87. The molecule has 86 valence electrons. The normalized spacial score (nSPS) is 10.7. The molecule has 0 amide bonds. The van der Waals surface area contributed by atoms with Crippen LogP contribution in [0.25, 0.3) is 0 Å². The molecule has 1 heterocycles. The maximum absolute atomic E-state index is 4.47. The van der Waals surface area contributed by atoms with Crippen LogP contribution in [0.5, 0.6) is 0 Å². The summed E-state index contributed by atoms with van der Waals surface area (Å²) in [7, 11) is 0. The summed E-state index contributed by atoms with van der Waals surface area (Å²) < 4.78 is 0. The lowest BCUT2D eigenvalue weighted by Crippen LogP contribution is -2.22. The van der Waals surface area contributed by atoms with E-state index in [1.54, 1.807) is 12.4 Å². The van der Waals surface area contributed by atoms with Gasteiger partial charge in [0.2, 0.25) is 0 Å². The van der Waals surface area contributed by atoms with Crippen LogP contribution in [0.2, 0.25) is 0 Å². The highest BCUT2D eigenvalue weighted by atomic mass is 14.9. The van der Waals surface area contributed by atoms with Crippen molar-refractivity contribution in [1.82, 2.24) is 4.98 Å². The van der Waals surface area contributed by atoms with Crippen LogP contribution >= 0.6 is 0 Å². The van der Waals surface area contributed by atoms with Crippen LogP contribution in [-0.4, -0.2) is 16.5 Å². The lowest BCUT2D eigenvalue weighted by Gasteiger charge is -2.23. The number of aromatic nitrogens is 1. The fourth-order valence-electron chi connectivity index (χ4n) is 1.59. The molecule has 0 atom stereocenters. The number of aliphatic imine (C=N–C) groups is 2. The van der Waals surface area contributed by atoms with Crippen molar-refractivity contribution in [3.63, 3.8) is 0 Å². The number of nitrogens with zero attached hydrogens (tertiary/aromatic N) is 3. The fourth-order valence-corrected chi connectivity index (χ4v) is 1.59. The van der Waals surface area contributed by atoms with Gasteiger partial charge in [-0.25, -0.2) is 4.99 Å². The van der Waals surface area contributed by atoms with Gasteiger partial charge in [-0.1, -0.05) is 20.8 Å². The third-order valence-electron chi connectivity index (χ3n) is 3.10. The Morgan fingerprint density at radius 3 is 2.19 bits per heavy atom. The molecule has 0 aliphatic rings. The molecule has 1 aromatic rings. The second-order valence-electron chi connectivity index (χ2n) is 3.81. The second-order valence-corrected chi connectivity index (χ2v) is 3.81. The van der Waals surface area contributed by atoms with Gasteiger partial charge < -0.3 is 0 Å². The average Bonchev–Trinajstić information content (AvgIpc) is 2.37. The lowest BCUT2D eigenvalue weighted by molar-refractivity contribution is 0.388. The van der Waals surface area contributed by atoms with Gasteiger partial charge >= 0.3 is 0 Å². The number of hydrogen-bond acceptors (Lipinski definition) is 3. The van der Waals surface area contributed by atoms with Crippen LogP contribution in [0.15, 0.2) is 34.5 Å². The van der Waals surface area contributed by atoms with Crippen LogP contribution in [0.4, 0.5) is 5.69 Å². The highest BCUT2D eigenvalue weighted by Gasteiger charge is 2.21. The number of pyridine rings is 1. The molecule has 16 heavy (non-hydrogen) atoms. The highest BCUT2D eigenvalue weighted by Crippen LogP contribution is 2.23. The quantitative estimate of drug-likeness (QED) is 0.690. The molecule has 3 nitrogen and oxygen atoms in total. The van der Waals surface area contributed by atoms with Gasteiger partial charge in [-0.2, -0.15) is 4.99 Å². The molecule has 0 fully saturated rings. The topological polar surface area (TPSA) is 37.6 Å². The Hall–Kier alpha value is -1.47. The van der Waals surface area contributed by atoms with Crippen LogP contribution in [0.3, 0.4) is 0 Å². The molecule has 0 saturated heterocycles. The fraction of sp³-hybridized carbons (Fsp3) is 0.538. The van der Waals surface area contributed by atoms with E-state index < -0.39 is 0 Å². The van der Waals surface area contributed by atoms with E-state index in [0.717, 1.165) is 24.9 Å². The predicted molar refractivity (Wildman–Crippen MR) is 67.4 cm³/mol. The Labute approximate surface area is 97.4 Å². The van der Waals surface area contributed by atoms with E-state index in [2.05, 4.69) is 41.7 Å². The maximum atomic E-state index is 4.47. The van der Waals surface area contributed by atoms with Crippen molar-refractivity contribution >= 4 is 11.7 Å². The predicted octanol–water partition coefficient (Wildman–Crippen LogP) is 3.86. The van der Waals surface area contributed by atoms with Gasteiger partial charge in [-0.3, -0.25) is 4.98 Å². The molecule has 0 aliphatic carbocycles. The minimum Gasteiger partial charge on any atom is -0.265 e. The molecule has 0 bridgehead atoms. The molecule has 0 aromatic carbocycles. The van der Waals surface area contributed by atoms with Gasteiger partial charge in [0.1, 0.15) is 0 Å². The van der Waals surface area contributed by atoms with Crippen molar-refractivity contribution < 1.29 is 0 Å². The molecule has 1 aromatic heterocycles. The zero-order chi connectivity index (χ0) is 11.9. The summed E-state index contributed by atoms with van der Waals surface area (Å²) in [6.45, 7) is 6.47. The third-order valence-corrected chi connectivity index (χ3v) is 3.10. The molecule has 0 radical (unpaired) electrons. The molecule has 1 rings (SSSR count). The first-order valence-corrected chi connectivity index (χ1v) is 5.84. The third kappa shape index (κ3) is 3.28. The van der Waals surface area contributed by atoms with Gasteiger partial charge in [0.05, 0.1) is 17.2 Å². The standard InChI is InChI=1S/C13H19N3/c1-4-13(5-2,6-3)16-11-15-12-7-9-14-10-8-12/h7-10H,4-6H2,1-3H3. The Morgan fingerprint density at radius 1 is 1.12 bits per heavy atom. The molecule has 0 N–H and O–H groups in total. The highest BCUT2D eigenvalue weighted by molar-refractivity contribution is 5.52. The van der Waals surface area contributed by atoms with Crippen molar-refractivity contribution in [2.45, 2.75) is 45.6 Å². The Bertz CT molecular complexity index is 352. The number of hydrogen-bond donors (Lipinski definition) is 0. The summed E-state index contributed by atoms with van der Waals surface area (Å²) in [6, 6.07) is 6.50. The molecule has 0 spiro atoms. The van der Waals surface area contributed by atoms with Crippen LogP contribution in [-0.2, 0) is 0 Å². The summed E-state index contributed by atoms with van der Waals surface area (Å²) >= 11 is 0. The van der Waals surface area contributed by atoms with Crippen molar-refractivity contribution in [2.24, 2.45) is 9.98 Å². The second kappa shape index (κ2) is 6.19. The summed E-state index contributed by atoms with van der Waals surface area (Å²) in [4.78, 5) is 12.6. The Balaban J connectivity index is 2.82. The monoisotopic (exact) mass is 217 g/mol. The first-order valence-electron chi connectivity index (χ1n) is 5.84. The van der Waals surface area contributed by atoms with Gasteiger partial charge in [-0.05, 0) is 31.4 Å². The van der Waals surface area contributed by atoms with E-state index in [1.807, 2.05) is 12.1 Å². The smallest absolute Gasteiger partial charge is 0.0954 e. The molecule has 0 aliphatic heterocycles. The maximum Gasteiger partial charge on any atom is 0.0954 e. The van der Waals surface area contributed by atoms with Crippen LogP contribution in [0, 0.1) is 0 Å². The van der Waals surface area contributed by atoms with Gasteiger partial charge in [-0.15, -0.1) is 0 Å². The minimum absolute atomic E-state index is 0.0104. The summed E-state index contributed by atoms with van der Waals surface area (Å²) in [6.07, 6.45) is 6.51. The van der Waals surface area contributed by atoms with Crippen molar-refractivity contribution in [1.29, 1.82) is 0 Å². The zero-order valence-electron chi connectivity index (χ0n) is 10.3. The first-order chi connectivity index (χ1) is 7.76. The lowest BCUT2D eigenvalue weighted by atomic mass is 9.91. The average molecular weight is 217 g/mol. The van der Waals surface area contributed by atoms with E-state index >= 15 is 0 Å². The van der Waals surface area contributed by atoms with Crippen LogP contribution < -0.4 is 0 Å². The van der Waals surface area contributed by atoms with Crippen molar-refractivity contribution in [3.05, 3.63) is 24.5 Å². The van der Waals surface area contributed by atoms with Crippen molar-refractivity contribution in [3.8, 4) is 0 Å². The SMILES string of the molecule is CCC(CC)(CC)N=C=Nc1ccncc1. The molecular formula is C13H19N3. The van der Waals surface area contributed by atoms with Gasteiger partial charge in [0, 0.05) is 12.4 Å². The molecular weight excluding hydrogens is 198 g/mol. The summed E-state index contributed by atoms with van der Waals surface area (Å²) in [5.41, 5.74) is 0.854. The van der Waals surface area contributed by atoms with E-state index in [-0.39, 0.29) is 5.54 Å². The van der Waals surface area contributed by atoms with E-state index in [0.29, 0.717) is 0 Å². The van der Waals surface area contributed by atoms with Crippen LogP contribution in [0.1, 0.15) is 40.0 Å². The molecule has 0 saturated carbocycles. The minimum atomic E-state index is 0.0104. The Morgan fingerprint density at radius 2 is 1.69 bits per heavy atom. The summed E-state index contributed by atoms with van der Waals surface area (Å²) in [5, 5.41) is 0. The number of rotatable bonds is 5. The van der Waals surface area contributed by atoms with Gasteiger partial charge in [0.15, 0.2) is 0 Å². The largest absolute Gasteiger partial charge is 0.265 e. The van der Waals surface area contributed by atoms with E-state index in [4.69, 9.17) is 0 Å². The summed E-state index contributed by atoms with van der Waals surface area (Å²) in [5.74, 6) is 0. The van der Waals surface area contributed by atoms with Gasteiger partial charge in [0.25, 0.3) is 0 Å².